The van der Waals surface area contributed by atoms with E-state index in [9.17, 15) is 8.42 Å². The molecule has 0 aromatic carbocycles. The Balaban J connectivity index is 2.35. The van der Waals surface area contributed by atoms with Crippen LogP contribution in [-0.4, -0.2) is 49.2 Å². The summed E-state index contributed by atoms with van der Waals surface area (Å²) in [5.41, 5.74) is 6.93. The number of hydrogen-bond donors (Lipinski definition) is 2. The van der Waals surface area contributed by atoms with Crippen LogP contribution in [0, 0.1) is 12.8 Å². The van der Waals surface area contributed by atoms with Crippen molar-refractivity contribution in [1.29, 1.82) is 0 Å². The van der Waals surface area contributed by atoms with Crippen LogP contribution in [0.5, 0.6) is 0 Å². The van der Waals surface area contributed by atoms with Crippen LogP contribution in [0.3, 0.4) is 0 Å². The second-order valence-corrected chi connectivity index (χ2v) is 7.33. The van der Waals surface area contributed by atoms with Crippen molar-refractivity contribution in [2.45, 2.75) is 44.3 Å². The van der Waals surface area contributed by atoms with Gasteiger partial charge in [-0.15, -0.1) is 0 Å². The van der Waals surface area contributed by atoms with Gasteiger partial charge < -0.3 is 10.5 Å². The Bertz CT molecular complexity index is 580. The molecule has 21 heavy (non-hydrogen) atoms. The number of ether oxygens (including phenoxy) is 1. The lowest BCUT2D eigenvalue weighted by Crippen LogP contribution is -2.42. The fraction of sp³-hybridized carbons (Fsp3) is 0.769. The summed E-state index contributed by atoms with van der Waals surface area (Å²) in [5.74, 6) is 0.429. The highest BCUT2D eigenvalue weighted by Gasteiger charge is 2.40. The number of hydrogen-bond acceptors (Lipinski definition) is 5. The molecule has 120 valence electrons. The first kappa shape index (κ1) is 16.4. The number of nitrogens with one attached hydrogen (secondary N) is 1. The molecule has 1 atom stereocenters. The summed E-state index contributed by atoms with van der Waals surface area (Å²) in [6, 6.07) is -0.0484. The Kier molecular flexibility index (Phi) is 5.03. The number of aryl methyl sites for hydroxylation is 1. The van der Waals surface area contributed by atoms with Crippen LogP contribution in [-0.2, 0) is 21.3 Å². The maximum atomic E-state index is 12.9. The van der Waals surface area contributed by atoms with E-state index >= 15 is 0 Å². The first-order valence-corrected chi connectivity index (χ1v) is 8.62. The quantitative estimate of drug-likeness (QED) is 0.732. The summed E-state index contributed by atoms with van der Waals surface area (Å²) >= 11 is 0. The van der Waals surface area contributed by atoms with Gasteiger partial charge in [0.15, 0.2) is 5.03 Å². The van der Waals surface area contributed by atoms with Crippen LogP contribution in [0.4, 0.5) is 0 Å². The van der Waals surface area contributed by atoms with Gasteiger partial charge in [-0.1, -0.05) is 0 Å². The minimum absolute atomic E-state index is 0.0473. The van der Waals surface area contributed by atoms with Gasteiger partial charge >= 0.3 is 0 Å². The molecule has 7 nitrogen and oxygen atoms in total. The Hall–Kier alpha value is -0.960. The number of sulfonamides is 1. The highest BCUT2D eigenvalue weighted by atomic mass is 32.2. The average molecular weight is 316 g/mol. The molecule has 1 aromatic rings. The maximum Gasteiger partial charge on any atom is 0.263 e. The van der Waals surface area contributed by atoms with Gasteiger partial charge in [-0.3, -0.25) is 5.10 Å². The first-order chi connectivity index (χ1) is 9.93. The molecule has 1 aromatic heterocycles. The first-order valence-electron chi connectivity index (χ1n) is 7.18. The molecule has 0 saturated heterocycles. The highest BCUT2D eigenvalue weighted by Crippen LogP contribution is 2.37. The predicted molar refractivity (Wildman–Crippen MR) is 79.2 cm³/mol. The lowest BCUT2D eigenvalue weighted by atomic mass is 10.2. The van der Waals surface area contributed by atoms with Gasteiger partial charge in [0.05, 0.1) is 6.61 Å². The topological polar surface area (TPSA) is 101 Å². The Morgan fingerprint density at radius 3 is 2.71 bits per heavy atom. The Morgan fingerprint density at radius 1 is 1.52 bits per heavy atom. The van der Waals surface area contributed by atoms with E-state index in [4.69, 9.17) is 10.5 Å². The van der Waals surface area contributed by atoms with E-state index in [-0.39, 0.29) is 17.6 Å². The molecule has 0 amide bonds. The van der Waals surface area contributed by atoms with Crippen molar-refractivity contribution in [2.75, 3.05) is 20.3 Å². The van der Waals surface area contributed by atoms with Crippen molar-refractivity contribution in [3.05, 3.63) is 11.3 Å². The number of nitrogens with zero attached hydrogens (tertiary/aromatic N) is 2. The zero-order valence-corrected chi connectivity index (χ0v) is 13.6. The van der Waals surface area contributed by atoms with Gasteiger partial charge in [0.2, 0.25) is 0 Å². The van der Waals surface area contributed by atoms with Gasteiger partial charge in [-0.2, -0.15) is 9.40 Å². The molecule has 0 bridgehead atoms. The van der Waals surface area contributed by atoms with Gasteiger partial charge in [-0.05, 0) is 32.6 Å². The van der Waals surface area contributed by atoms with Crippen molar-refractivity contribution in [1.82, 2.24) is 14.5 Å². The van der Waals surface area contributed by atoms with Gasteiger partial charge in [0.1, 0.15) is 0 Å². The molecule has 2 rings (SSSR count). The van der Waals surface area contributed by atoms with Crippen LogP contribution in [0.1, 0.15) is 31.0 Å². The third kappa shape index (κ3) is 3.28. The maximum absolute atomic E-state index is 12.9. The van der Waals surface area contributed by atoms with Crippen LogP contribution in [0.15, 0.2) is 5.03 Å². The van der Waals surface area contributed by atoms with Crippen molar-refractivity contribution in [3.63, 3.8) is 0 Å². The standard InChI is InChI=1S/C13H24N4O3S/c1-9-12(8-14)13(16-15-9)21(18,19)17(6-7-20-3)10(2)11-4-5-11/h10-11H,4-8,14H2,1-3H3,(H,15,16). The molecule has 0 spiro atoms. The summed E-state index contributed by atoms with van der Waals surface area (Å²) in [4.78, 5) is 0. The average Bonchev–Trinajstić information content (AvgIpc) is 3.21. The molecule has 1 aliphatic carbocycles. The SMILES string of the molecule is COCCN(C(C)C1CC1)S(=O)(=O)c1n[nH]c(C)c1CN. The van der Waals surface area contributed by atoms with Crippen molar-refractivity contribution in [2.24, 2.45) is 11.7 Å². The summed E-state index contributed by atoms with van der Waals surface area (Å²) in [5, 5.41) is 6.74. The second kappa shape index (κ2) is 6.43. The lowest BCUT2D eigenvalue weighted by molar-refractivity contribution is 0.164. The number of nitrogens with two attached hydrogens (primary N) is 1. The van der Waals surface area contributed by atoms with E-state index in [1.54, 1.807) is 14.0 Å². The molecule has 8 heteroatoms. The minimum Gasteiger partial charge on any atom is -0.383 e. The zero-order valence-electron chi connectivity index (χ0n) is 12.8. The molecule has 1 aliphatic rings. The third-order valence-electron chi connectivity index (χ3n) is 4.07. The monoisotopic (exact) mass is 316 g/mol. The third-order valence-corrected chi connectivity index (χ3v) is 6.03. The van der Waals surface area contributed by atoms with E-state index in [1.807, 2.05) is 6.92 Å². The number of aromatic amines is 1. The molecule has 0 radical (unpaired) electrons. The predicted octanol–water partition coefficient (Wildman–Crippen LogP) is 0.612. The largest absolute Gasteiger partial charge is 0.383 e. The van der Waals surface area contributed by atoms with Crippen LogP contribution in [0.2, 0.25) is 0 Å². The smallest absolute Gasteiger partial charge is 0.263 e. The van der Waals surface area contributed by atoms with Gasteiger partial charge in [-0.25, -0.2) is 8.42 Å². The molecule has 0 aliphatic heterocycles. The summed E-state index contributed by atoms with van der Waals surface area (Å²) < 4.78 is 32.4. The number of methoxy groups -OCH3 is 1. The van der Waals surface area contributed by atoms with E-state index in [0.29, 0.717) is 30.3 Å². The Morgan fingerprint density at radius 2 is 2.19 bits per heavy atom. The lowest BCUT2D eigenvalue weighted by Gasteiger charge is -2.27. The van der Waals surface area contributed by atoms with Gasteiger partial charge in [0.25, 0.3) is 10.0 Å². The summed E-state index contributed by atoms with van der Waals surface area (Å²) in [7, 11) is -2.10. The molecule has 1 saturated carbocycles. The molecule has 1 unspecified atom stereocenters. The van der Waals surface area contributed by atoms with Gasteiger partial charge in [0, 0.05) is 37.5 Å². The van der Waals surface area contributed by atoms with Crippen molar-refractivity contribution < 1.29 is 13.2 Å². The van der Waals surface area contributed by atoms with E-state index in [1.165, 1.54) is 4.31 Å². The molecule has 1 fully saturated rings. The van der Waals surface area contributed by atoms with E-state index in [2.05, 4.69) is 10.2 Å². The fourth-order valence-corrected chi connectivity index (χ4v) is 4.39. The fourth-order valence-electron chi connectivity index (χ4n) is 2.53. The molecule has 1 heterocycles. The Labute approximate surface area is 125 Å². The summed E-state index contributed by atoms with van der Waals surface area (Å²) in [6.45, 7) is 4.56. The van der Waals surface area contributed by atoms with Crippen LogP contribution in [0.25, 0.3) is 0 Å². The zero-order chi connectivity index (χ0) is 15.6. The van der Waals surface area contributed by atoms with Crippen LogP contribution >= 0.6 is 0 Å². The molecule has 3 N–H and O–H groups in total. The van der Waals surface area contributed by atoms with Crippen molar-refractivity contribution in [3.8, 4) is 0 Å². The molecular formula is C13H24N4O3S. The number of rotatable bonds is 8. The van der Waals surface area contributed by atoms with E-state index in [0.717, 1.165) is 12.8 Å². The minimum atomic E-state index is -3.67. The van der Waals surface area contributed by atoms with Crippen LogP contribution < -0.4 is 5.73 Å². The second-order valence-electron chi connectivity index (χ2n) is 5.52. The molecular weight excluding hydrogens is 292 g/mol. The number of H-pyrrole nitrogens is 1. The number of aromatic nitrogens is 2. The van der Waals surface area contributed by atoms with Crippen molar-refractivity contribution >= 4 is 10.0 Å². The normalized spacial score (nSPS) is 17.4. The van der Waals surface area contributed by atoms with E-state index < -0.39 is 10.0 Å². The summed E-state index contributed by atoms with van der Waals surface area (Å²) in [6.07, 6.45) is 2.15. The highest BCUT2D eigenvalue weighted by molar-refractivity contribution is 7.89.